The molecule has 2 rings (SSSR count). The average Bonchev–Trinajstić information content (AvgIpc) is 2.72. The number of aliphatic imine (C=N–C) groups is 1. The summed E-state index contributed by atoms with van der Waals surface area (Å²) in [6, 6.07) is 8.01. The Balaban J connectivity index is 1.93. The molecule has 0 aliphatic carbocycles. The molecule has 1 aliphatic heterocycles. The molecular weight excluding hydrogens is 400 g/mol. The van der Waals surface area contributed by atoms with Gasteiger partial charge in [-0.2, -0.15) is 4.31 Å². The topological polar surface area (TPSA) is 83.0 Å². The lowest BCUT2D eigenvalue weighted by Gasteiger charge is -2.26. The Labute approximate surface area is 182 Å². The van der Waals surface area contributed by atoms with E-state index < -0.39 is 10.0 Å². The number of rotatable bonds is 10. The van der Waals surface area contributed by atoms with Crippen LogP contribution in [0.4, 0.5) is 0 Å². The lowest BCUT2D eigenvalue weighted by Crippen LogP contribution is -2.42. The van der Waals surface area contributed by atoms with E-state index in [1.165, 1.54) is 17.1 Å². The number of nitrogens with one attached hydrogen (secondary N) is 2. The van der Waals surface area contributed by atoms with Crippen LogP contribution in [0.1, 0.15) is 51.2 Å². The Morgan fingerprint density at radius 1 is 1.13 bits per heavy atom. The van der Waals surface area contributed by atoms with Gasteiger partial charge in [-0.3, -0.25) is 4.99 Å². The van der Waals surface area contributed by atoms with E-state index in [4.69, 9.17) is 4.74 Å². The zero-order valence-corrected chi connectivity index (χ0v) is 19.7. The summed E-state index contributed by atoms with van der Waals surface area (Å²) in [5.41, 5.74) is 1.78. The summed E-state index contributed by atoms with van der Waals surface area (Å²) in [6.45, 7) is 8.94. The summed E-state index contributed by atoms with van der Waals surface area (Å²) in [7, 11) is -1.60. The summed E-state index contributed by atoms with van der Waals surface area (Å²) >= 11 is 0. The van der Waals surface area contributed by atoms with Crippen LogP contribution in [0, 0.1) is 5.92 Å². The molecule has 30 heavy (non-hydrogen) atoms. The standard InChI is InChI=1S/C22H38N4O3S/c1-18(2)8-7-9-19(3)25-22(23-4)24-16-20-10-5-6-11-21(20)17-30(27,28)26-12-14-29-15-13-26/h5-6,10-11,18-19H,7-9,12-17H2,1-4H3,(H2,23,24,25). The van der Waals surface area contributed by atoms with Crippen LogP contribution in [-0.2, 0) is 27.1 Å². The Morgan fingerprint density at radius 3 is 2.43 bits per heavy atom. The lowest BCUT2D eigenvalue weighted by molar-refractivity contribution is 0.0729. The van der Waals surface area contributed by atoms with Gasteiger partial charge in [0, 0.05) is 32.7 Å². The van der Waals surface area contributed by atoms with E-state index in [2.05, 4.69) is 36.4 Å². The van der Waals surface area contributed by atoms with Crippen molar-refractivity contribution < 1.29 is 13.2 Å². The highest BCUT2D eigenvalue weighted by Gasteiger charge is 2.25. The van der Waals surface area contributed by atoms with Gasteiger partial charge in [0.1, 0.15) is 0 Å². The highest BCUT2D eigenvalue weighted by molar-refractivity contribution is 7.88. The van der Waals surface area contributed by atoms with Gasteiger partial charge < -0.3 is 15.4 Å². The molecule has 1 heterocycles. The van der Waals surface area contributed by atoms with Gasteiger partial charge >= 0.3 is 0 Å². The van der Waals surface area contributed by atoms with Crippen LogP contribution in [-0.4, -0.2) is 58.1 Å². The number of nitrogens with zero attached hydrogens (tertiary/aromatic N) is 2. The predicted octanol–water partition coefficient (Wildman–Crippen LogP) is 2.73. The third-order valence-electron chi connectivity index (χ3n) is 5.29. The molecule has 1 aliphatic rings. The summed E-state index contributed by atoms with van der Waals surface area (Å²) in [5, 5.41) is 6.76. The summed E-state index contributed by atoms with van der Waals surface area (Å²) in [4.78, 5) is 4.32. The van der Waals surface area contributed by atoms with Crippen molar-refractivity contribution in [2.75, 3.05) is 33.4 Å². The molecule has 170 valence electrons. The Kier molecular flexibility index (Phi) is 10.1. The van der Waals surface area contributed by atoms with Crippen LogP contribution in [0.5, 0.6) is 0 Å². The van der Waals surface area contributed by atoms with Gasteiger partial charge in [-0.1, -0.05) is 51.0 Å². The maximum Gasteiger partial charge on any atom is 0.218 e. The number of hydrogen-bond donors (Lipinski definition) is 2. The fourth-order valence-corrected chi connectivity index (χ4v) is 5.06. The second-order valence-electron chi connectivity index (χ2n) is 8.33. The highest BCUT2D eigenvalue weighted by Crippen LogP contribution is 2.16. The summed E-state index contributed by atoms with van der Waals surface area (Å²) in [6.07, 6.45) is 3.50. The van der Waals surface area contributed by atoms with Gasteiger partial charge in [0.15, 0.2) is 5.96 Å². The van der Waals surface area contributed by atoms with E-state index in [9.17, 15) is 8.42 Å². The minimum Gasteiger partial charge on any atom is -0.379 e. The molecular formula is C22H38N4O3S. The average molecular weight is 439 g/mol. The SMILES string of the molecule is CN=C(NCc1ccccc1CS(=O)(=O)N1CCOCC1)NC(C)CCCC(C)C. The molecule has 1 aromatic rings. The van der Waals surface area contributed by atoms with Crippen molar-refractivity contribution in [3.05, 3.63) is 35.4 Å². The van der Waals surface area contributed by atoms with Crippen LogP contribution in [0.25, 0.3) is 0 Å². The van der Waals surface area contributed by atoms with Crippen molar-refractivity contribution in [2.45, 2.75) is 58.4 Å². The van der Waals surface area contributed by atoms with E-state index in [0.29, 0.717) is 38.9 Å². The minimum absolute atomic E-state index is 0.00247. The zero-order valence-electron chi connectivity index (χ0n) is 18.9. The third kappa shape index (κ3) is 8.24. The van der Waals surface area contributed by atoms with Crippen LogP contribution in [0.2, 0.25) is 0 Å². The first-order valence-corrected chi connectivity index (χ1v) is 12.5. The molecule has 7 nitrogen and oxygen atoms in total. The number of sulfonamides is 1. The highest BCUT2D eigenvalue weighted by atomic mass is 32.2. The Morgan fingerprint density at radius 2 is 1.80 bits per heavy atom. The van der Waals surface area contributed by atoms with Crippen molar-refractivity contribution in [2.24, 2.45) is 10.9 Å². The number of guanidine groups is 1. The first-order valence-electron chi connectivity index (χ1n) is 10.9. The quantitative estimate of drug-likeness (QED) is 0.434. The monoisotopic (exact) mass is 438 g/mol. The molecule has 1 aromatic carbocycles. The van der Waals surface area contributed by atoms with Crippen molar-refractivity contribution in [3.63, 3.8) is 0 Å². The minimum atomic E-state index is -3.36. The largest absolute Gasteiger partial charge is 0.379 e. The van der Waals surface area contributed by atoms with Gasteiger partial charge in [-0.05, 0) is 30.4 Å². The van der Waals surface area contributed by atoms with Crippen LogP contribution >= 0.6 is 0 Å². The van der Waals surface area contributed by atoms with Gasteiger partial charge in [0.25, 0.3) is 0 Å². The second kappa shape index (κ2) is 12.3. The van der Waals surface area contributed by atoms with Crippen LogP contribution in [0.15, 0.2) is 29.3 Å². The first kappa shape index (κ1) is 24.6. The maximum atomic E-state index is 12.8. The zero-order chi connectivity index (χ0) is 22.0. The fourth-order valence-electron chi connectivity index (χ4n) is 3.49. The Hall–Kier alpha value is -1.64. The predicted molar refractivity (Wildman–Crippen MR) is 123 cm³/mol. The number of ether oxygens (including phenoxy) is 1. The van der Waals surface area contributed by atoms with Crippen LogP contribution in [0.3, 0.4) is 0 Å². The van der Waals surface area contributed by atoms with Gasteiger partial charge in [-0.15, -0.1) is 0 Å². The molecule has 1 unspecified atom stereocenters. The molecule has 0 amide bonds. The molecule has 2 N–H and O–H groups in total. The third-order valence-corrected chi connectivity index (χ3v) is 7.12. The number of morpholine rings is 1. The van der Waals surface area contributed by atoms with E-state index in [1.54, 1.807) is 7.05 Å². The molecule has 1 fully saturated rings. The number of hydrogen-bond acceptors (Lipinski definition) is 4. The van der Waals surface area contributed by atoms with Crippen molar-refractivity contribution in [1.82, 2.24) is 14.9 Å². The molecule has 0 saturated carbocycles. The smallest absolute Gasteiger partial charge is 0.218 e. The van der Waals surface area contributed by atoms with Crippen LogP contribution < -0.4 is 10.6 Å². The van der Waals surface area contributed by atoms with Crippen molar-refractivity contribution in [3.8, 4) is 0 Å². The molecule has 8 heteroatoms. The number of benzene rings is 1. The van der Waals surface area contributed by atoms with Gasteiger partial charge in [0.05, 0.1) is 19.0 Å². The van der Waals surface area contributed by atoms with E-state index >= 15 is 0 Å². The first-order chi connectivity index (χ1) is 14.3. The fraction of sp³-hybridized carbons (Fsp3) is 0.682. The van der Waals surface area contributed by atoms with Gasteiger partial charge in [-0.25, -0.2) is 8.42 Å². The van der Waals surface area contributed by atoms with Crippen molar-refractivity contribution in [1.29, 1.82) is 0 Å². The molecule has 0 bridgehead atoms. The molecule has 0 radical (unpaired) electrons. The maximum absolute atomic E-state index is 12.8. The van der Waals surface area contributed by atoms with E-state index in [1.807, 2.05) is 24.3 Å². The lowest BCUT2D eigenvalue weighted by atomic mass is 10.0. The molecule has 1 atom stereocenters. The van der Waals surface area contributed by atoms with E-state index in [0.717, 1.165) is 29.4 Å². The summed E-state index contributed by atoms with van der Waals surface area (Å²) in [5.74, 6) is 1.46. The molecule has 0 spiro atoms. The second-order valence-corrected chi connectivity index (χ2v) is 10.3. The molecule has 0 aromatic heterocycles. The van der Waals surface area contributed by atoms with Gasteiger partial charge in [0.2, 0.25) is 10.0 Å². The normalized spacial score (nSPS) is 17.2. The van der Waals surface area contributed by atoms with E-state index in [-0.39, 0.29) is 5.75 Å². The van der Waals surface area contributed by atoms with Crippen molar-refractivity contribution >= 4 is 16.0 Å². The molecule has 1 saturated heterocycles. The summed E-state index contributed by atoms with van der Waals surface area (Å²) < 4.78 is 32.4. The Bertz CT molecular complexity index is 774.